The Balaban J connectivity index is 2.12. The van der Waals surface area contributed by atoms with Crippen molar-refractivity contribution in [1.82, 2.24) is 9.88 Å². The average molecular weight is 448 g/mol. The van der Waals surface area contributed by atoms with Crippen molar-refractivity contribution < 1.29 is 37.8 Å². The van der Waals surface area contributed by atoms with Crippen LogP contribution in [0.4, 0.5) is 13.2 Å². The van der Waals surface area contributed by atoms with Crippen molar-refractivity contribution in [3.05, 3.63) is 64.6 Å². The van der Waals surface area contributed by atoms with Crippen molar-refractivity contribution in [2.45, 2.75) is 20.3 Å². The molecule has 0 radical (unpaired) electrons. The Morgan fingerprint density at radius 2 is 1.84 bits per heavy atom. The number of hydrogen-bond acceptors (Lipinski definition) is 4. The first kappa shape index (κ1) is 22.9. The number of carbonyl (C=O) groups excluding carboxylic acids is 2. The van der Waals surface area contributed by atoms with Gasteiger partial charge in [-0.3, -0.25) is 19.0 Å². The molecule has 3 aromatic rings. The number of amides is 1. The maximum atomic E-state index is 14.8. The summed E-state index contributed by atoms with van der Waals surface area (Å²) in [6.45, 7) is 2.60. The molecule has 1 unspecified atom stereocenters. The summed E-state index contributed by atoms with van der Waals surface area (Å²) in [5, 5.41) is 20.7. The van der Waals surface area contributed by atoms with Gasteiger partial charge in [0.25, 0.3) is 5.91 Å². The van der Waals surface area contributed by atoms with Gasteiger partial charge in [0.1, 0.15) is 5.82 Å². The van der Waals surface area contributed by atoms with E-state index in [0.717, 1.165) is 22.8 Å². The highest BCUT2D eigenvalue weighted by Crippen LogP contribution is 2.35. The molecule has 168 valence electrons. The second-order valence-corrected chi connectivity index (χ2v) is 7.35. The molecule has 2 aromatic carbocycles. The number of carboxylic acid groups (broad SMARTS) is 1. The minimum Gasteiger partial charge on any atom is -0.503 e. The normalized spacial score (nSPS) is 12.0. The SMILES string of the molecule is Cc1c(CC(=O)NCC(C)C(=O)O)c2c(F)c(O)c(F)cc2n1C(=O)c1cccc(F)c1. The maximum Gasteiger partial charge on any atom is 0.308 e. The lowest BCUT2D eigenvalue weighted by molar-refractivity contribution is -0.141. The Labute approximate surface area is 180 Å². The number of carboxylic acids is 1. The summed E-state index contributed by atoms with van der Waals surface area (Å²) < 4.78 is 43.5. The molecular weight excluding hydrogens is 429 g/mol. The number of carbonyl (C=O) groups is 3. The van der Waals surface area contributed by atoms with Gasteiger partial charge in [0.05, 0.1) is 17.9 Å². The predicted molar refractivity (Wildman–Crippen MR) is 108 cm³/mol. The van der Waals surface area contributed by atoms with Crippen molar-refractivity contribution in [1.29, 1.82) is 0 Å². The van der Waals surface area contributed by atoms with Crippen LogP contribution in [0, 0.1) is 30.3 Å². The Bertz CT molecular complexity index is 1250. The van der Waals surface area contributed by atoms with Crippen LogP contribution in [0.3, 0.4) is 0 Å². The molecule has 0 aliphatic heterocycles. The van der Waals surface area contributed by atoms with Gasteiger partial charge in [0, 0.05) is 29.3 Å². The maximum absolute atomic E-state index is 14.8. The quantitative estimate of drug-likeness (QED) is 0.537. The monoisotopic (exact) mass is 448 g/mol. The van der Waals surface area contributed by atoms with Crippen LogP contribution in [0.5, 0.6) is 5.75 Å². The average Bonchev–Trinajstić information content (AvgIpc) is 3.00. The third-order valence-electron chi connectivity index (χ3n) is 5.13. The molecule has 10 heteroatoms. The van der Waals surface area contributed by atoms with E-state index < -0.39 is 53.3 Å². The Morgan fingerprint density at radius 1 is 1.16 bits per heavy atom. The summed E-state index contributed by atoms with van der Waals surface area (Å²) in [5.41, 5.74) is -0.255. The molecule has 0 aliphatic rings. The zero-order chi connectivity index (χ0) is 23.7. The van der Waals surface area contributed by atoms with Crippen LogP contribution < -0.4 is 5.32 Å². The van der Waals surface area contributed by atoms with E-state index in [1.54, 1.807) is 0 Å². The third kappa shape index (κ3) is 4.16. The lowest BCUT2D eigenvalue weighted by Crippen LogP contribution is -2.32. The molecule has 0 saturated heterocycles. The molecule has 1 aromatic heterocycles. The molecule has 1 atom stereocenters. The van der Waals surface area contributed by atoms with E-state index >= 15 is 0 Å². The largest absolute Gasteiger partial charge is 0.503 e. The number of hydrogen-bond donors (Lipinski definition) is 3. The van der Waals surface area contributed by atoms with E-state index in [-0.39, 0.29) is 34.3 Å². The molecule has 3 N–H and O–H groups in total. The summed E-state index contributed by atoms with van der Waals surface area (Å²) in [7, 11) is 0. The van der Waals surface area contributed by atoms with E-state index in [9.17, 15) is 32.7 Å². The summed E-state index contributed by atoms with van der Waals surface area (Å²) in [6.07, 6.45) is -0.472. The van der Waals surface area contributed by atoms with Gasteiger partial charge < -0.3 is 15.5 Å². The highest BCUT2D eigenvalue weighted by atomic mass is 19.1. The molecule has 0 spiro atoms. The number of nitrogens with one attached hydrogen (secondary N) is 1. The van der Waals surface area contributed by atoms with Crippen molar-refractivity contribution in [2.75, 3.05) is 6.54 Å². The fourth-order valence-electron chi connectivity index (χ4n) is 3.36. The van der Waals surface area contributed by atoms with Crippen molar-refractivity contribution in [3.8, 4) is 5.75 Å². The first-order chi connectivity index (χ1) is 15.0. The first-order valence-electron chi connectivity index (χ1n) is 9.53. The molecule has 0 saturated carbocycles. The van der Waals surface area contributed by atoms with Crippen molar-refractivity contribution in [3.63, 3.8) is 0 Å². The van der Waals surface area contributed by atoms with Gasteiger partial charge in [-0.15, -0.1) is 0 Å². The number of halogens is 3. The predicted octanol–water partition coefficient (Wildman–Crippen LogP) is 3.14. The number of rotatable bonds is 6. The molecular formula is C22H19F3N2O5. The molecule has 7 nitrogen and oxygen atoms in total. The zero-order valence-corrected chi connectivity index (χ0v) is 17.1. The smallest absolute Gasteiger partial charge is 0.308 e. The van der Waals surface area contributed by atoms with E-state index in [1.807, 2.05) is 0 Å². The highest BCUT2D eigenvalue weighted by Gasteiger charge is 2.27. The fourth-order valence-corrected chi connectivity index (χ4v) is 3.36. The molecule has 1 amide bonds. The number of aromatic hydroxyl groups is 1. The van der Waals surface area contributed by atoms with Gasteiger partial charge in [-0.05, 0) is 30.7 Å². The number of nitrogens with zero attached hydrogens (tertiary/aromatic N) is 1. The summed E-state index contributed by atoms with van der Waals surface area (Å²) in [5.74, 6) is -8.07. The lowest BCUT2D eigenvalue weighted by Gasteiger charge is -2.09. The molecule has 0 bridgehead atoms. The van der Waals surface area contributed by atoms with E-state index in [0.29, 0.717) is 0 Å². The molecule has 3 rings (SSSR count). The molecule has 0 aliphatic carbocycles. The number of aliphatic carboxylic acids is 1. The fraction of sp³-hybridized carbons (Fsp3) is 0.227. The van der Waals surface area contributed by atoms with Crippen molar-refractivity contribution >= 4 is 28.7 Å². The minimum absolute atomic E-state index is 0.00182. The van der Waals surface area contributed by atoms with E-state index in [2.05, 4.69) is 5.32 Å². The van der Waals surface area contributed by atoms with Crippen LogP contribution in [-0.2, 0) is 16.0 Å². The molecule has 0 fully saturated rings. The van der Waals surface area contributed by atoms with Crippen LogP contribution in [-0.4, -0.2) is 39.1 Å². The van der Waals surface area contributed by atoms with Gasteiger partial charge in [0.2, 0.25) is 5.91 Å². The van der Waals surface area contributed by atoms with Crippen LogP contribution in [0.1, 0.15) is 28.5 Å². The Hall–Kier alpha value is -3.82. The summed E-state index contributed by atoms with van der Waals surface area (Å²) in [4.78, 5) is 36.4. The second-order valence-electron chi connectivity index (χ2n) is 7.35. The van der Waals surface area contributed by atoms with Crippen LogP contribution in [0.15, 0.2) is 30.3 Å². The number of benzene rings is 2. The number of fused-ring (bicyclic) bond motifs is 1. The third-order valence-corrected chi connectivity index (χ3v) is 5.13. The number of phenolic OH excluding ortho intramolecular Hbond substituents is 1. The Morgan fingerprint density at radius 3 is 2.47 bits per heavy atom. The van der Waals surface area contributed by atoms with Gasteiger partial charge in [0.15, 0.2) is 17.4 Å². The van der Waals surface area contributed by atoms with Crippen LogP contribution in [0.25, 0.3) is 10.9 Å². The zero-order valence-electron chi connectivity index (χ0n) is 17.1. The summed E-state index contributed by atoms with van der Waals surface area (Å²) in [6, 6.07) is 5.47. The van der Waals surface area contributed by atoms with Gasteiger partial charge in [-0.1, -0.05) is 13.0 Å². The second kappa shape index (κ2) is 8.74. The first-order valence-corrected chi connectivity index (χ1v) is 9.53. The van der Waals surface area contributed by atoms with Crippen LogP contribution >= 0.6 is 0 Å². The van der Waals surface area contributed by atoms with Crippen LogP contribution in [0.2, 0.25) is 0 Å². The number of aromatic nitrogens is 1. The van der Waals surface area contributed by atoms with Gasteiger partial charge in [-0.25, -0.2) is 13.2 Å². The van der Waals surface area contributed by atoms with Gasteiger partial charge >= 0.3 is 5.97 Å². The number of phenols is 1. The molecule has 1 heterocycles. The Kier molecular flexibility index (Phi) is 6.24. The lowest BCUT2D eigenvalue weighted by atomic mass is 10.1. The standard InChI is InChI=1S/C22H19F3N2O5/c1-10(22(31)32)9-26-17(28)7-14-11(2)27(21(30)12-4-3-5-13(23)6-12)16-8-15(24)20(29)19(25)18(14)16/h3-6,8,10,29H,7,9H2,1-2H3,(H,26,28)(H,31,32). The topological polar surface area (TPSA) is 109 Å². The van der Waals surface area contributed by atoms with Gasteiger partial charge in [-0.2, -0.15) is 0 Å². The molecule has 32 heavy (non-hydrogen) atoms. The van der Waals surface area contributed by atoms with E-state index in [1.165, 1.54) is 26.0 Å². The minimum atomic E-state index is -1.35. The summed E-state index contributed by atoms with van der Waals surface area (Å²) >= 11 is 0. The highest BCUT2D eigenvalue weighted by molar-refractivity contribution is 6.05. The van der Waals surface area contributed by atoms with Crippen molar-refractivity contribution in [2.24, 2.45) is 5.92 Å². The van der Waals surface area contributed by atoms with E-state index in [4.69, 9.17) is 5.11 Å².